The van der Waals surface area contributed by atoms with Gasteiger partial charge in [0.25, 0.3) is 0 Å². The molecule has 0 saturated heterocycles. The Labute approximate surface area is 112 Å². The largest absolute Gasteiger partial charge is 0.380 e. The molecule has 1 aromatic carbocycles. The molecule has 0 aliphatic heterocycles. The van der Waals surface area contributed by atoms with Crippen LogP contribution in [0.15, 0.2) is 23.7 Å². The van der Waals surface area contributed by atoms with Crippen LogP contribution in [-0.2, 0) is 6.54 Å². The maximum absolute atomic E-state index is 4.26. The molecule has 0 atom stereocenters. The standard InChI is InChI=1S/C14H19N3S/c1-10-7-12(17(3)4)5-6-13(10)15-8-14-11(2)16-9-18-14/h5-7,9,15H,8H2,1-4H3. The van der Waals surface area contributed by atoms with E-state index in [1.54, 1.807) is 11.3 Å². The first-order chi connectivity index (χ1) is 8.58. The molecule has 0 spiro atoms. The normalized spacial score (nSPS) is 10.4. The number of hydrogen-bond donors (Lipinski definition) is 1. The van der Waals surface area contributed by atoms with Gasteiger partial charge in [-0.1, -0.05) is 0 Å². The minimum atomic E-state index is 0.846. The van der Waals surface area contributed by atoms with Crippen molar-refractivity contribution in [2.45, 2.75) is 20.4 Å². The van der Waals surface area contributed by atoms with E-state index in [1.165, 1.54) is 21.8 Å². The Balaban J connectivity index is 2.08. The van der Waals surface area contributed by atoms with Crippen LogP contribution in [0.3, 0.4) is 0 Å². The molecule has 1 aromatic heterocycles. The minimum Gasteiger partial charge on any atom is -0.380 e. The van der Waals surface area contributed by atoms with E-state index in [1.807, 2.05) is 5.51 Å². The maximum atomic E-state index is 4.26. The average molecular weight is 261 g/mol. The molecular weight excluding hydrogens is 242 g/mol. The van der Waals surface area contributed by atoms with Gasteiger partial charge in [0.2, 0.25) is 0 Å². The zero-order valence-corrected chi connectivity index (χ0v) is 12.1. The third kappa shape index (κ3) is 2.82. The lowest BCUT2D eigenvalue weighted by atomic mass is 10.1. The number of anilines is 2. The Hall–Kier alpha value is -1.55. The number of aryl methyl sites for hydroxylation is 2. The molecule has 0 saturated carbocycles. The number of rotatable bonds is 4. The van der Waals surface area contributed by atoms with Gasteiger partial charge in [-0.15, -0.1) is 11.3 Å². The summed E-state index contributed by atoms with van der Waals surface area (Å²) in [5.74, 6) is 0. The second-order valence-electron chi connectivity index (χ2n) is 4.61. The Bertz CT molecular complexity index is 532. The monoisotopic (exact) mass is 261 g/mol. The van der Waals surface area contributed by atoms with Crippen molar-refractivity contribution in [2.24, 2.45) is 0 Å². The zero-order chi connectivity index (χ0) is 13.1. The smallest absolute Gasteiger partial charge is 0.0798 e. The fourth-order valence-corrected chi connectivity index (χ4v) is 2.51. The van der Waals surface area contributed by atoms with Crippen LogP contribution in [-0.4, -0.2) is 19.1 Å². The van der Waals surface area contributed by atoms with E-state index in [2.05, 4.69) is 61.3 Å². The summed E-state index contributed by atoms with van der Waals surface area (Å²) in [6.07, 6.45) is 0. The average Bonchev–Trinajstić information content (AvgIpc) is 2.73. The van der Waals surface area contributed by atoms with E-state index in [4.69, 9.17) is 0 Å². The molecule has 0 amide bonds. The SMILES string of the molecule is Cc1cc(N(C)C)ccc1NCc1scnc1C. The third-order valence-corrected chi connectivity index (χ3v) is 3.95. The summed E-state index contributed by atoms with van der Waals surface area (Å²) < 4.78 is 0. The molecule has 0 aliphatic rings. The number of aromatic nitrogens is 1. The maximum Gasteiger partial charge on any atom is 0.0798 e. The number of nitrogens with zero attached hydrogens (tertiary/aromatic N) is 2. The molecule has 18 heavy (non-hydrogen) atoms. The molecule has 0 bridgehead atoms. The lowest BCUT2D eigenvalue weighted by molar-refractivity contribution is 1.10. The molecule has 1 heterocycles. The Morgan fingerprint density at radius 2 is 2.06 bits per heavy atom. The summed E-state index contributed by atoms with van der Waals surface area (Å²) in [6.45, 7) is 5.03. The van der Waals surface area contributed by atoms with Gasteiger partial charge in [-0.3, -0.25) is 0 Å². The number of hydrogen-bond acceptors (Lipinski definition) is 4. The molecule has 2 aromatic rings. The lowest BCUT2D eigenvalue weighted by Crippen LogP contribution is -2.09. The van der Waals surface area contributed by atoms with Crippen molar-refractivity contribution in [1.29, 1.82) is 0 Å². The van der Waals surface area contributed by atoms with Crippen LogP contribution < -0.4 is 10.2 Å². The van der Waals surface area contributed by atoms with E-state index >= 15 is 0 Å². The predicted molar refractivity (Wildman–Crippen MR) is 79.7 cm³/mol. The van der Waals surface area contributed by atoms with Gasteiger partial charge in [-0.2, -0.15) is 0 Å². The highest BCUT2D eigenvalue weighted by atomic mass is 32.1. The van der Waals surface area contributed by atoms with Crippen molar-refractivity contribution in [3.05, 3.63) is 39.8 Å². The zero-order valence-electron chi connectivity index (χ0n) is 11.3. The molecule has 2 rings (SSSR count). The second-order valence-corrected chi connectivity index (χ2v) is 5.55. The number of thiazole rings is 1. The minimum absolute atomic E-state index is 0.846. The molecule has 0 radical (unpaired) electrons. The van der Waals surface area contributed by atoms with E-state index < -0.39 is 0 Å². The van der Waals surface area contributed by atoms with Crippen molar-refractivity contribution in [3.8, 4) is 0 Å². The van der Waals surface area contributed by atoms with Gasteiger partial charge < -0.3 is 10.2 Å². The van der Waals surface area contributed by atoms with Crippen LogP contribution in [0.4, 0.5) is 11.4 Å². The molecule has 0 fully saturated rings. The van der Waals surface area contributed by atoms with Gasteiger partial charge in [0.1, 0.15) is 0 Å². The van der Waals surface area contributed by atoms with E-state index in [9.17, 15) is 0 Å². The molecule has 0 unspecified atom stereocenters. The van der Waals surface area contributed by atoms with Gasteiger partial charge in [0.05, 0.1) is 17.7 Å². The predicted octanol–water partition coefficient (Wildman–Crippen LogP) is 3.44. The molecule has 4 heteroatoms. The van der Waals surface area contributed by atoms with E-state index in [0.29, 0.717) is 0 Å². The van der Waals surface area contributed by atoms with Crippen LogP contribution >= 0.6 is 11.3 Å². The Morgan fingerprint density at radius 3 is 2.61 bits per heavy atom. The molecule has 1 N–H and O–H groups in total. The highest BCUT2D eigenvalue weighted by molar-refractivity contribution is 7.09. The van der Waals surface area contributed by atoms with Gasteiger partial charge in [0.15, 0.2) is 0 Å². The van der Waals surface area contributed by atoms with Crippen molar-refractivity contribution in [3.63, 3.8) is 0 Å². The molecule has 0 aliphatic carbocycles. The van der Waals surface area contributed by atoms with Crippen LogP contribution in [0, 0.1) is 13.8 Å². The van der Waals surface area contributed by atoms with E-state index in [-0.39, 0.29) is 0 Å². The Morgan fingerprint density at radius 1 is 1.28 bits per heavy atom. The summed E-state index contributed by atoms with van der Waals surface area (Å²) in [5.41, 5.74) is 6.70. The van der Waals surface area contributed by atoms with Crippen LogP contribution in [0.2, 0.25) is 0 Å². The quantitative estimate of drug-likeness (QED) is 0.914. The summed E-state index contributed by atoms with van der Waals surface area (Å²) in [7, 11) is 4.12. The van der Waals surface area contributed by atoms with Crippen molar-refractivity contribution in [2.75, 3.05) is 24.3 Å². The first-order valence-electron chi connectivity index (χ1n) is 5.98. The highest BCUT2D eigenvalue weighted by Gasteiger charge is 2.04. The van der Waals surface area contributed by atoms with Gasteiger partial charge in [-0.05, 0) is 37.6 Å². The van der Waals surface area contributed by atoms with Crippen LogP contribution in [0.1, 0.15) is 16.1 Å². The van der Waals surface area contributed by atoms with E-state index in [0.717, 1.165) is 12.2 Å². The summed E-state index contributed by atoms with van der Waals surface area (Å²) in [6, 6.07) is 6.47. The fourth-order valence-electron chi connectivity index (χ4n) is 1.80. The van der Waals surface area contributed by atoms with Crippen LogP contribution in [0.5, 0.6) is 0 Å². The summed E-state index contributed by atoms with van der Waals surface area (Å²) >= 11 is 1.70. The van der Waals surface area contributed by atoms with Crippen molar-refractivity contribution >= 4 is 22.7 Å². The first-order valence-corrected chi connectivity index (χ1v) is 6.86. The first kappa shape index (κ1) is 12.9. The lowest BCUT2D eigenvalue weighted by Gasteiger charge is -2.15. The second kappa shape index (κ2) is 5.40. The van der Waals surface area contributed by atoms with Gasteiger partial charge >= 0.3 is 0 Å². The Kier molecular flexibility index (Phi) is 3.87. The summed E-state index contributed by atoms with van der Waals surface area (Å²) in [4.78, 5) is 7.67. The van der Waals surface area contributed by atoms with Crippen LogP contribution in [0.25, 0.3) is 0 Å². The van der Waals surface area contributed by atoms with Crippen molar-refractivity contribution in [1.82, 2.24) is 4.98 Å². The highest BCUT2D eigenvalue weighted by Crippen LogP contribution is 2.22. The molecular formula is C14H19N3S. The van der Waals surface area contributed by atoms with Gasteiger partial charge in [0, 0.05) is 30.3 Å². The molecule has 96 valence electrons. The molecule has 3 nitrogen and oxygen atoms in total. The van der Waals surface area contributed by atoms with Crippen molar-refractivity contribution < 1.29 is 0 Å². The van der Waals surface area contributed by atoms with Gasteiger partial charge in [-0.25, -0.2) is 4.98 Å². The number of nitrogens with one attached hydrogen (secondary N) is 1. The summed E-state index contributed by atoms with van der Waals surface area (Å²) in [5, 5.41) is 3.47. The number of benzene rings is 1. The third-order valence-electron chi connectivity index (χ3n) is 3.01. The fraction of sp³-hybridized carbons (Fsp3) is 0.357. The topological polar surface area (TPSA) is 28.2 Å².